The average Bonchev–Trinajstić information content (AvgIpc) is 2.07. The van der Waals surface area contributed by atoms with E-state index in [1.807, 2.05) is 0 Å². The van der Waals surface area contributed by atoms with Crippen molar-refractivity contribution < 1.29 is 17.6 Å². The van der Waals surface area contributed by atoms with Crippen LogP contribution in [0, 0.1) is 5.82 Å². The molecule has 0 amide bonds. The maximum Gasteiger partial charge on any atom is 0.416 e. The monoisotopic (exact) mass is 208 g/mol. The molecule has 1 aromatic carbocycles. The molecular formula is C8H8F4N2. The molecule has 2 nitrogen and oxygen atoms in total. The number of hydrogen-bond acceptors (Lipinski definition) is 2. The summed E-state index contributed by atoms with van der Waals surface area (Å²) in [6.45, 7) is -0.158. The Labute approximate surface area is 77.7 Å². The lowest BCUT2D eigenvalue weighted by atomic mass is 10.1. The van der Waals surface area contributed by atoms with Crippen molar-refractivity contribution in [1.82, 2.24) is 5.43 Å². The number of hydrogen-bond donors (Lipinski definition) is 2. The third-order valence-corrected chi connectivity index (χ3v) is 1.67. The molecular weight excluding hydrogens is 200 g/mol. The Morgan fingerprint density at radius 3 is 2.43 bits per heavy atom. The van der Waals surface area contributed by atoms with Crippen LogP contribution in [0.25, 0.3) is 0 Å². The van der Waals surface area contributed by atoms with Crippen molar-refractivity contribution in [3.05, 3.63) is 35.1 Å². The Kier molecular flexibility index (Phi) is 3.07. The SMILES string of the molecule is NNCc1ccc(F)cc1C(F)(F)F. The fourth-order valence-electron chi connectivity index (χ4n) is 1.08. The fourth-order valence-corrected chi connectivity index (χ4v) is 1.08. The molecule has 0 aliphatic carbocycles. The third-order valence-electron chi connectivity index (χ3n) is 1.67. The summed E-state index contributed by atoms with van der Waals surface area (Å²) in [5.74, 6) is 3.98. The molecule has 3 N–H and O–H groups in total. The molecule has 1 aromatic rings. The van der Waals surface area contributed by atoms with Gasteiger partial charge in [-0.3, -0.25) is 11.3 Å². The van der Waals surface area contributed by atoms with E-state index in [9.17, 15) is 17.6 Å². The van der Waals surface area contributed by atoms with Crippen LogP contribution in [0.5, 0.6) is 0 Å². The number of hydrazine groups is 1. The quantitative estimate of drug-likeness (QED) is 0.442. The Morgan fingerprint density at radius 2 is 1.93 bits per heavy atom. The molecule has 0 spiro atoms. The van der Waals surface area contributed by atoms with E-state index in [1.54, 1.807) is 0 Å². The maximum atomic E-state index is 12.6. The van der Waals surface area contributed by atoms with Crippen LogP contribution in [0.2, 0.25) is 0 Å². The summed E-state index contributed by atoms with van der Waals surface area (Å²) in [7, 11) is 0. The zero-order chi connectivity index (χ0) is 10.8. The molecule has 78 valence electrons. The average molecular weight is 208 g/mol. The van der Waals surface area contributed by atoms with E-state index in [1.165, 1.54) is 0 Å². The molecule has 0 radical (unpaired) electrons. The van der Waals surface area contributed by atoms with Gasteiger partial charge >= 0.3 is 6.18 Å². The summed E-state index contributed by atoms with van der Waals surface area (Å²) in [6, 6.07) is 2.46. The predicted octanol–water partition coefficient (Wildman–Crippen LogP) is 1.81. The predicted molar refractivity (Wildman–Crippen MR) is 42.4 cm³/mol. The van der Waals surface area contributed by atoms with Gasteiger partial charge in [-0.1, -0.05) is 6.07 Å². The van der Waals surface area contributed by atoms with Crippen molar-refractivity contribution in [2.75, 3.05) is 0 Å². The van der Waals surface area contributed by atoms with Gasteiger partial charge in [0.2, 0.25) is 0 Å². The highest BCUT2D eigenvalue weighted by Crippen LogP contribution is 2.32. The van der Waals surface area contributed by atoms with Crippen LogP contribution in [0.1, 0.15) is 11.1 Å². The van der Waals surface area contributed by atoms with Gasteiger partial charge in [0.15, 0.2) is 0 Å². The summed E-state index contributed by atoms with van der Waals surface area (Å²) in [5.41, 5.74) is 1.01. The highest BCUT2D eigenvalue weighted by atomic mass is 19.4. The highest BCUT2D eigenvalue weighted by Gasteiger charge is 2.33. The van der Waals surface area contributed by atoms with E-state index < -0.39 is 17.6 Å². The van der Waals surface area contributed by atoms with E-state index in [2.05, 4.69) is 5.43 Å². The Hall–Kier alpha value is -1.14. The van der Waals surface area contributed by atoms with Gasteiger partial charge in [-0.25, -0.2) is 4.39 Å². The molecule has 0 aliphatic rings. The minimum absolute atomic E-state index is 0.0820. The molecule has 14 heavy (non-hydrogen) atoms. The second-order valence-electron chi connectivity index (χ2n) is 2.68. The van der Waals surface area contributed by atoms with Crippen LogP contribution in [0.4, 0.5) is 17.6 Å². The van der Waals surface area contributed by atoms with Crippen molar-refractivity contribution in [1.29, 1.82) is 0 Å². The maximum absolute atomic E-state index is 12.6. The van der Waals surface area contributed by atoms with Gasteiger partial charge in [0.1, 0.15) is 5.82 Å². The zero-order valence-corrected chi connectivity index (χ0v) is 7.03. The first kappa shape index (κ1) is 10.9. The van der Waals surface area contributed by atoms with E-state index in [-0.39, 0.29) is 12.1 Å². The number of rotatable bonds is 2. The molecule has 0 saturated carbocycles. The van der Waals surface area contributed by atoms with Crippen molar-refractivity contribution in [2.45, 2.75) is 12.7 Å². The second-order valence-corrected chi connectivity index (χ2v) is 2.68. The summed E-state index contributed by atoms with van der Waals surface area (Å²) in [6.07, 6.45) is -4.56. The van der Waals surface area contributed by atoms with Crippen LogP contribution in [-0.2, 0) is 12.7 Å². The first-order chi connectivity index (χ1) is 6.45. The van der Waals surface area contributed by atoms with E-state index in [4.69, 9.17) is 5.84 Å². The van der Waals surface area contributed by atoms with E-state index >= 15 is 0 Å². The Morgan fingerprint density at radius 1 is 1.29 bits per heavy atom. The smallest absolute Gasteiger partial charge is 0.271 e. The third kappa shape index (κ3) is 2.43. The summed E-state index contributed by atoms with van der Waals surface area (Å²) in [5, 5.41) is 0. The topological polar surface area (TPSA) is 38.0 Å². The minimum atomic E-state index is -4.56. The second kappa shape index (κ2) is 3.93. The van der Waals surface area contributed by atoms with Crippen molar-refractivity contribution >= 4 is 0 Å². The lowest BCUT2D eigenvalue weighted by molar-refractivity contribution is -0.138. The molecule has 6 heteroatoms. The Bertz CT molecular complexity index is 322. The molecule has 0 heterocycles. The van der Waals surface area contributed by atoms with Crippen LogP contribution >= 0.6 is 0 Å². The molecule has 0 aromatic heterocycles. The van der Waals surface area contributed by atoms with Gasteiger partial charge in [0, 0.05) is 6.54 Å². The van der Waals surface area contributed by atoms with Gasteiger partial charge < -0.3 is 0 Å². The number of alkyl halides is 3. The number of halogens is 4. The number of nitrogens with two attached hydrogens (primary N) is 1. The van der Waals surface area contributed by atoms with Crippen molar-refractivity contribution in [3.8, 4) is 0 Å². The number of nitrogens with one attached hydrogen (secondary N) is 1. The lowest BCUT2D eigenvalue weighted by Gasteiger charge is -2.12. The molecule has 0 unspecified atom stereocenters. The van der Waals surface area contributed by atoms with Gasteiger partial charge in [-0.05, 0) is 17.7 Å². The number of benzene rings is 1. The van der Waals surface area contributed by atoms with Crippen molar-refractivity contribution in [3.63, 3.8) is 0 Å². The fraction of sp³-hybridized carbons (Fsp3) is 0.250. The Balaban J connectivity index is 3.16. The zero-order valence-electron chi connectivity index (χ0n) is 7.03. The highest BCUT2D eigenvalue weighted by molar-refractivity contribution is 5.30. The molecule has 1 rings (SSSR count). The van der Waals surface area contributed by atoms with Crippen molar-refractivity contribution in [2.24, 2.45) is 5.84 Å². The largest absolute Gasteiger partial charge is 0.416 e. The van der Waals surface area contributed by atoms with E-state index in [0.29, 0.717) is 6.07 Å². The van der Waals surface area contributed by atoms with Gasteiger partial charge in [0.25, 0.3) is 0 Å². The van der Waals surface area contributed by atoms with Gasteiger partial charge in [-0.2, -0.15) is 13.2 Å². The van der Waals surface area contributed by atoms with Crippen LogP contribution in [-0.4, -0.2) is 0 Å². The standard InChI is InChI=1S/C8H8F4N2/c9-6-2-1-5(4-14-13)7(3-6)8(10,11)12/h1-3,14H,4,13H2. The molecule has 0 fully saturated rings. The first-order valence-electron chi connectivity index (χ1n) is 3.74. The molecule has 0 aliphatic heterocycles. The minimum Gasteiger partial charge on any atom is -0.271 e. The van der Waals surface area contributed by atoms with Crippen LogP contribution in [0.3, 0.4) is 0 Å². The molecule has 0 bridgehead atoms. The first-order valence-corrected chi connectivity index (χ1v) is 3.74. The van der Waals surface area contributed by atoms with Gasteiger partial charge in [-0.15, -0.1) is 0 Å². The molecule has 0 saturated heterocycles. The van der Waals surface area contributed by atoms with Crippen LogP contribution in [0.15, 0.2) is 18.2 Å². The van der Waals surface area contributed by atoms with E-state index in [0.717, 1.165) is 12.1 Å². The lowest BCUT2D eigenvalue weighted by Crippen LogP contribution is -2.23. The van der Waals surface area contributed by atoms with Gasteiger partial charge in [0.05, 0.1) is 5.56 Å². The summed E-state index contributed by atoms with van der Waals surface area (Å²) >= 11 is 0. The molecule has 0 atom stereocenters. The summed E-state index contributed by atoms with van der Waals surface area (Å²) in [4.78, 5) is 0. The summed E-state index contributed by atoms with van der Waals surface area (Å²) < 4.78 is 49.5. The normalized spacial score (nSPS) is 11.8. The van der Waals surface area contributed by atoms with Crippen LogP contribution < -0.4 is 11.3 Å².